The van der Waals surface area contributed by atoms with E-state index in [9.17, 15) is 9.59 Å². The minimum Gasteiger partial charge on any atom is -0.469 e. The first-order valence-electron chi connectivity index (χ1n) is 9.14. The molecule has 136 valence electrons. The summed E-state index contributed by atoms with van der Waals surface area (Å²) in [5, 5.41) is 0. The van der Waals surface area contributed by atoms with Gasteiger partial charge in [0.1, 0.15) is 0 Å². The van der Waals surface area contributed by atoms with Gasteiger partial charge in [0, 0.05) is 18.7 Å². The molecule has 1 amide bonds. The summed E-state index contributed by atoms with van der Waals surface area (Å²) in [5.74, 6) is -0.174. The van der Waals surface area contributed by atoms with Gasteiger partial charge in [0.2, 0.25) is 5.91 Å². The monoisotopic (exact) mass is 343 g/mol. The predicted octanol–water partition coefficient (Wildman–Crippen LogP) is 3.92. The van der Waals surface area contributed by atoms with E-state index in [1.165, 1.54) is 13.5 Å². The summed E-state index contributed by atoms with van der Waals surface area (Å²) in [6.07, 6.45) is 7.94. The zero-order valence-electron chi connectivity index (χ0n) is 15.5. The summed E-state index contributed by atoms with van der Waals surface area (Å²) in [4.78, 5) is 26.6. The smallest absolute Gasteiger partial charge is 0.310 e. The second-order valence-electron chi connectivity index (χ2n) is 6.99. The van der Waals surface area contributed by atoms with Crippen LogP contribution in [0.15, 0.2) is 36.4 Å². The molecule has 0 radical (unpaired) electrons. The highest BCUT2D eigenvalue weighted by Gasteiger charge is 2.31. The number of amides is 1. The fourth-order valence-electron chi connectivity index (χ4n) is 3.55. The minimum atomic E-state index is -0.326. The second-order valence-corrected chi connectivity index (χ2v) is 6.99. The van der Waals surface area contributed by atoms with Crippen molar-refractivity contribution in [2.45, 2.75) is 45.6 Å². The van der Waals surface area contributed by atoms with Crippen molar-refractivity contribution in [1.29, 1.82) is 0 Å². The van der Waals surface area contributed by atoms with Crippen molar-refractivity contribution in [2.75, 3.05) is 13.7 Å². The summed E-state index contributed by atoms with van der Waals surface area (Å²) in [6.45, 7) is 4.42. The molecule has 1 aromatic rings. The molecule has 1 saturated carbocycles. The summed E-state index contributed by atoms with van der Waals surface area (Å²) in [5.41, 5.74) is 0.994. The lowest BCUT2D eigenvalue weighted by atomic mass is 9.84. The first-order valence-corrected chi connectivity index (χ1v) is 9.14. The Labute approximate surface area is 150 Å². The topological polar surface area (TPSA) is 46.6 Å². The van der Waals surface area contributed by atoms with Gasteiger partial charge in [0.05, 0.1) is 13.0 Å². The SMILES string of the molecule is COC(=O)C(C)CN(C(=O)/C=C/c1ccccc1)C1CCCCC1C. The third-order valence-electron chi connectivity index (χ3n) is 5.04. The zero-order valence-corrected chi connectivity index (χ0v) is 15.5. The standard InChI is InChI=1S/C21H29NO3/c1-16-9-7-8-12-19(16)22(15-17(2)21(24)25-3)20(23)14-13-18-10-5-4-6-11-18/h4-6,10-11,13-14,16-17,19H,7-9,12,15H2,1-3H3/b14-13+. The maximum Gasteiger partial charge on any atom is 0.310 e. The number of hydrogen-bond acceptors (Lipinski definition) is 3. The molecule has 1 aliphatic rings. The normalized spacial score (nSPS) is 21.7. The Morgan fingerprint density at radius 3 is 2.56 bits per heavy atom. The molecular weight excluding hydrogens is 314 g/mol. The molecule has 3 atom stereocenters. The Balaban J connectivity index is 2.15. The van der Waals surface area contributed by atoms with Crippen molar-refractivity contribution >= 4 is 18.0 Å². The highest BCUT2D eigenvalue weighted by Crippen LogP contribution is 2.29. The lowest BCUT2D eigenvalue weighted by Gasteiger charge is -2.39. The van der Waals surface area contributed by atoms with Crippen LogP contribution < -0.4 is 0 Å². The molecule has 25 heavy (non-hydrogen) atoms. The highest BCUT2D eigenvalue weighted by atomic mass is 16.5. The summed E-state index contributed by atoms with van der Waals surface area (Å²) in [7, 11) is 1.39. The van der Waals surface area contributed by atoms with E-state index in [0.29, 0.717) is 12.5 Å². The average molecular weight is 343 g/mol. The largest absolute Gasteiger partial charge is 0.469 e. The van der Waals surface area contributed by atoms with Gasteiger partial charge in [-0.3, -0.25) is 9.59 Å². The van der Waals surface area contributed by atoms with E-state index >= 15 is 0 Å². The third-order valence-corrected chi connectivity index (χ3v) is 5.04. The van der Waals surface area contributed by atoms with Gasteiger partial charge >= 0.3 is 5.97 Å². The fraction of sp³-hybridized carbons (Fsp3) is 0.524. The molecule has 0 aromatic heterocycles. The average Bonchev–Trinajstić information content (AvgIpc) is 2.64. The predicted molar refractivity (Wildman–Crippen MR) is 99.8 cm³/mol. The quantitative estimate of drug-likeness (QED) is 0.581. The van der Waals surface area contributed by atoms with Crippen LogP contribution in [0.25, 0.3) is 6.08 Å². The molecule has 1 aromatic carbocycles. The molecule has 0 aliphatic heterocycles. The van der Waals surface area contributed by atoms with Crippen molar-refractivity contribution in [3.05, 3.63) is 42.0 Å². The lowest BCUT2D eigenvalue weighted by molar-refractivity contribution is -0.146. The fourth-order valence-corrected chi connectivity index (χ4v) is 3.55. The minimum absolute atomic E-state index is 0.0293. The molecule has 4 nitrogen and oxygen atoms in total. The van der Waals surface area contributed by atoms with Crippen LogP contribution in [0, 0.1) is 11.8 Å². The number of methoxy groups -OCH3 is 1. The zero-order chi connectivity index (χ0) is 18.2. The van der Waals surface area contributed by atoms with Gasteiger partial charge in [0.15, 0.2) is 0 Å². The Morgan fingerprint density at radius 2 is 1.92 bits per heavy atom. The molecule has 0 heterocycles. The molecule has 1 aliphatic carbocycles. The van der Waals surface area contributed by atoms with Gasteiger partial charge in [-0.2, -0.15) is 0 Å². The van der Waals surface area contributed by atoms with Crippen molar-refractivity contribution < 1.29 is 14.3 Å². The van der Waals surface area contributed by atoms with Gasteiger partial charge in [-0.1, -0.05) is 57.0 Å². The first-order chi connectivity index (χ1) is 12.0. The number of nitrogens with zero attached hydrogens (tertiary/aromatic N) is 1. The lowest BCUT2D eigenvalue weighted by Crippen LogP contribution is -2.47. The molecule has 0 saturated heterocycles. The highest BCUT2D eigenvalue weighted by molar-refractivity contribution is 5.92. The summed E-state index contributed by atoms with van der Waals surface area (Å²) >= 11 is 0. The van der Waals surface area contributed by atoms with Gasteiger partial charge in [0.25, 0.3) is 0 Å². The molecular formula is C21H29NO3. The van der Waals surface area contributed by atoms with Crippen LogP contribution in [0.5, 0.6) is 0 Å². The molecule has 0 N–H and O–H groups in total. The number of esters is 1. The van der Waals surface area contributed by atoms with Crippen molar-refractivity contribution in [3.63, 3.8) is 0 Å². The number of carbonyl (C=O) groups is 2. The third kappa shape index (κ3) is 5.45. The number of rotatable bonds is 6. The summed E-state index contributed by atoms with van der Waals surface area (Å²) in [6, 6.07) is 9.97. The van der Waals surface area contributed by atoms with Crippen LogP contribution in [0.1, 0.15) is 45.1 Å². The van der Waals surface area contributed by atoms with E-state index < -0.39 is 0 Å². The molecule has 4 heteroatoms. The Kier molecular flexibility index (Phi) is 7.23. The molecule has 1 fully saturated rings. The van der Waals surface area contributed by atoms with Crippen molar-refractivity contribution in [2.24, 2.45) is 11.8 Å². The summed E-state index contributed by atoms with van der Waals surface area (Å²) < 4.78 is 4.84. The molecule has 0 spiro atoms. The van der Waals surface area contributed by atoms with Crippen LogP contribution in [0.3, 0.4) is 0 Å². The number of ether oxygens (including phenoxy) is 1. The van der Waals surface area contributed by atoms with Crippen molar-refractivity contribution in [3.8, 4) is 0 Å². The maximum atomic E-state index is 12.9. The van der Waals surface area contributed by atoms with E-state index in [1.54, 1.807) is 6.08 Å². The Morgan fingerprint density at radius 1 is 1.24 bits per heavy atom. The van der Waals surface area contributed by atoms with Crippen LogP contribution in [-0.2, 0) is 14.3 Å². The number of benzene rings is 1. The first kappa shape index (κ1) is 19.2. The van der Waals surface area contributed by atoms with Crippen LogP contribution in [-0.4, -0.2) is 36.5 Å². The van der Waals surface area contributed by atoms with E-state index in [1.807, 2.05) is 48.2 Å². The van der Waals surface area contributed by atoms with Gasteiger partial charge in [-0.25, -0.2) is 0 Å². The maximum absolute atomic E-state index is 12.9. The van der Waals surface area contributed by atoms with Gasteiger partial charge < -0.3 is 9.64 Å². The number of hydrogen-bond donors (Lipinski definition) is 0. The van der Waals surface area contributed by atoms with E-state index in [0.717, 1.165) is 24.8 Å². The van der Waals surface area contributed by atoms with E-state index in [-0.39, 0.29) is 23.8 Å². The van der Waals surface area contributed by atoms with E-state index in [2.05, 4.69) is 6.92 Å². The van der Waals surface area contributed by atoms with Crippen LogP contribution in [0.2, 0.25) is 0 Å². The van der Waals surface area contributed by atoms with Crippen LogP contribution >= 0.6 is 0 Å². The Hall–Kier alpha value is -2.10. The molecule has 2 rings (SSSR count). The molecule has 3 unspecified atom stereocenters. The van der Waals surface area contributed by atoms with Gasteiger partial charge in [-0.15, -0.1) is 0 Å². The molecule has 0 bridgehead atoms. The van der Waals surface area contributed by atoms with Gasteiger partial charge in [-0.05, 0) is 30.4 Å². The Bertz CT molecular complexity index is 596. The number of carbonyl (C=O) groups excluding carboxylic acids is 2. The van der Waals surface area contributed by atoms with Crippen molar-refractivity contribution in [1.82, 2.24) is 4.90 Å². The van der Waals surface area contributed by atoms with Crippen LogP contribution in [0.4, 0.5) is 0 Å². The second kappa shape index (κ2) is 9.40. The van der Waals surface area contributed by atoms with E-state index in [4.69, 9.17) is 4.74 Å².